The second-order valence-electron chi connectivity index (χ2n) is 5.98. The number of amides is 2. The molecule has 2 heterocycles. The molecule has 2 rings (SSSR count). The molecule has 0 spiro atoms. The van der Waals surface area contributed by atoms with Gasteiger partial charge in [0.15, 0.2) is 5.65 Å². The van der Waals surface area contributed by atoms with Crippen LogP contribution in [0.1, 0.15) is 40.2 Å². The first-order valence-electron chi connectivity index (χ1n) is 7.43. The molecule has 0 unspecified atom stereocenters. The van der Waals surface area contributed by atoms with Crippen LogP contribution in [0.25, 0.3) is 11.0 Å². The van der Waals surface area contributed by atoms with Crippen LogP contribution >= 0.6 is 0 Å². The Bertz CT molecular complexity index is 663. The molecule has 2 amide bonds. The molecule has 22 heavy (non-hydrogen) atoms. The molecule has 0 saturated heterocycles. The van der Waals surface area contributed by atoms with Gasteiger partial charge in [-0.25, -0.2) is 14.5 Å². The van der Waals surface area contributed by atoms with E-state index in [1.165, 1.54) is 0 Å². The molecule has 0 fully saturated rings. The maximum Gasteiger partial charge on any atom is 0.319 e. The van der Waals surface area contributed by atoms with Crippen molar-refractivity contribution >= 4 is 22.8 Å². The number of urea groups is 1. The highest BCUT2D eigenvalue weighted by Crippen LogP contribution is 2.19. The molecule has 0 bridgehead atoms. The SMILES string of the molecule is CC[C@@](C)(O)CNC(=O)Nc1cnc2c(cnn2C(C)C)c1. The maximum absolute atomic E-state index is 11.8. The number of pyridine rings is 1. The number of rotatable bonds is 5. The largest absolute Gasteiger partial charge is 0.388 e. The van der Waals surface area contributed by atoms with Crippen molar-refractivity contribution in [2.24, 2.45) is 0 Å². The molecule has 2 aromatic heterocycles. The smallest absolute Gasteiger partial charge is 0.319 e. The van der Waals surface area contributed by atoms with Crippen molar-refractivity contribution in [3.63, 3.8) is 0 Å². The van der Waals surface area contributed by atoms with Gasteiger partial charge in [0.2, 0.25) is 0 Å². The Kier molecular flexibility index (Phi) is 4.65. The number of hydrogen-bond acceptors (Lipinski definition) is 4. The lowest BCUT2D eigenvalue weighted by molar-refractivity contribution is 0.0587. The summed E-state index contributed by atoms with van der Waals surface area (Å²) in [5, 5.41) is 20.4. The van der Waals surface area contributed by atoms with E-state index in [0.717, 1.165) is 11.0 Å². The number of fused-ring (bicyclic) bond motifs is 1. The van der Waals surface area contributed by atoms with Crippen LogP contribution in [0.5, 0.6) is 0 Å². The van der Waals surface area contributed by atoms with E-state index in [0.29, 0.717) is 12.1 Å². The predicted octanol–water partition coefficient (Wildman–Crippen LogP) is 2.29. The highest BCUT2D eigenvalue weighted by Gasteiger charge is 2.18. The van der Waals surface area contributed by atoms with Gasteiger partial charge < -0.3 is 15.7 Å². The van der Waals surface area contributed by atoms with Crippen molar-refractivity contribution in [2.75, 3.05) is 11.9 Å². The number of anilines is 1. The van der Waals surface area contributed by atoms with Crippen molar-refractivity contribution in [1.29, 1.82) is 0 Å². The quantitative estimate of drug-likeness (QED) is 0.790. The second-order valence-corrected chi connectivity index (χ2v) is 5.98. The zero-order valence-electron chi connectivity index (χ0n) is 13.4. The van der Waals surface area contributed by atoms with Gasteiger partial charge in [-0.1, -0.05) is 6.92 Å². The van der Waals surface area contributed by atoms with Gasteiger partial charge in [0.25, 0.3) is 0 Å². The van der Waals surface area contributed by atoms with Crippen LogP contribution in [0, 0.1) is 0 Å². The number of aromatic nitrogens is 3. The van der Waals surface area contributed by atoms with Gasteiger partial charge >= 0.3 is 6.03 Å². The zero-order chi connectivity index (χ0) is 16.3. The fourth-order valence-corrected chi connectivity index (χ4v) is 1.96. The molecule has 2 aromatic rings. The molecule has 3 N–H and O–H groups in total. The normalized spacial score (nSPS) is 14.1. The van der Waals surface area contributed by atoms with E-state index >= 15 is 0 Å². The zero-order valence-corrected chi connectivity index (χ0v) is 13.4. The molecule has 0 aliphatic rings. The van der Waals surface area contributed by atoms with Gasteiger partial charge in [-0.15, -0.1) is 0 Å². The highest BCUT2D eigenvalue weighted by atomic mass is 16.3. The second kappa shape index (κ2) is 6.31. The summed E-state index contributed by atoms with van der Waals surface area (Å²) < 4.78 is 1.83. The molecule has 1 atom stereocenters. The molecule has 0 aliphatic heterocycles. The first-order valence-corrected chi connectivity index (χ1v) is 7.43. The number of nitrogens with zero attached hydrogens (tertiary/aromatic N) is 3. The van der Waals surface area contributed by atoms with Gasteiger partial charge in [-0.05, 0) is 33.3 Å². The monoisotopic (exact) mass is 305 g/mol. The minimum absolute atomic E-state index is 0.191. The number of hydrogen-bond donors (Lipinski definition) is 3. The molecule has 0 radical (unpaired) electrons. The van der Waals surface area contributed by atoms with Crippen molar-refractivity contribution in [1.82, 2.24) is 20.1 Å². The number of carbonyl (C=O) groups is 1. The summed E-state index contributed by atoms with van der Waals surface area (Å²) in [7, 11) is 0. The fourth-order valence-electron chi connectivity index (χ4n) is 1.96. The minimum atomic E-state index is -0.905. The predicted molar refractivity (Wildman–Crippen MR) is 85.8 cm³/mol. The molecule has 0 aliphatic carbocycles. The number of aliphatic hydroxyl groups is 1. The van der Waals surface area contributed by atoms with Crippen LogP contribution < -0.4 is 10.6 Å². The summed E-state index contributed by atoms with van der Waals surface area (Å²) in [5.41, 5.74) is 0.470. The lowest BCUT2D eigenvalue weighted by atomic mass is 10.0. The Morgan fingerprint density at radius 3 is 2.82 bits per heavy atom. The third-order valence-corrected chi connectivity index (χ3v) is 3.57. The van der Waals surface area contributed by atoms with E-state index in [2.05, 4.69) is 20.7 Å². The Hall–Kier alpha value is -2.15. The topological polar surface area (TPSA) is 92.1 Å². The summed E-state index contributed by atoms with van der Waals surface area (Å²) in [6, 6.07) is 1.68. The molecule has 0 aromatic carbocycles. The van der Waals surface area contributed by atoms with Crippen LogP contribution in [0.2, 0.25) is 0 Å². The van der Waals surface area contributed by atoms with Crippen molar-refractivity contribution < 1.29 is 9.90 Å². The summed E-state index contributed by atoms with van der Waals surface area (Å²) in [5.74, 6) is 0. The lowest BCUT2D eigenvalue weighted by Crippen LogP contribution is -2.41. The summed E-state index contributed by atoms with van der Waals surface area (Å²) in [4.78, 5) is 16.2. The number of carbonyl (C=O) groups excluding carboxylic acids is 1. The van der Waals surface area contributed by atoms with Crippen molar-refractivity contribution in [3.05, 3.63) is 18.5 Å². The van der Waals surface area contributed by atoms with Gasteiger partial charge in [-0.3, -0.25) is 0 Å². The summed E-state index contributed by atoms with van der Waals surface area (Å²) in [6.07, 6.45) is 3.89. The standard InChI is InChI=1S/C15H23N5O2/c1-5-15(4,22)9-17-14(21)19-12-6-11-7-18-20(10(2)3)13(11)16-8-12/h6-8,10,22H,5,9H2,1-4H3,(H2,17,19,21)/t15-/m1/s1. The van der Waals surface area contributed by atoms with Crippen LogP contribution in [0.4, 0.5) is 10.5 Å². The van der Waals surface area contributed by atoms with Gasteiger partial charge in [0.1, 0.15) is 0 Å². The third-order valence-electron chi connectivity index (χ3n) is 3.57. The van der Waals surface area contributed by atoms with Crippen molar-refractivity contribution in [2.45, 2.75) is 45.8 Å². The highest BCUT2D eigenvalue weighted by molar-refractivity contribution is 5.91. The third kappa shape index (κ3) is 3.73. The molecular weight excluding hydrogens is 282 g/mol. The first kappa shape index (κ1) is 16.2. The molecular formula is C15H23N5O2. The molecule has 0 saturated carbocycles. The number of nitrogens with one attached hydrogen (secondary N) is 2. The minimum Gasteiger partial charge on any atom is -0.388 e. The van der Waals surface area contributed by atoms with E-state index < -0.39 is 5.60 Å². The van der Waals surface area contributed by atoms with Crippen molar-refractivity contribution in [3.8, 4) is 0 Å². The molecule has 7 heteroatoms. The maximum atomic E-state index is 11.8. The molecule has 120 valence electrons. The van der Waals surface area contributed by atoms with Crippen LogP contribution in [-0.4, -0.2) is 38.0 Å². The van der Waals surface area contributed by atoms with Gasteiger partial charge in [0.05, 0.1) is 23.7 Å². The lowest BCUT2D eigenvalue weighted by Gasteiger charge is -2.21. The Labute approximate surface area is 129 Å². The van der Waals surface area contributed by atoms with E-state index in [9.17, 15) is 9.90 Å². The Morgan fingerprint density at radius 1 is 1.45 bits per heavy atom. The summed E-state index contributed by atoms with van der Waals surface area (Å²) in [6.45, 7) is 7.81. The van der Waals surface area contributed by atoms with E-state index in [1.807, 2.05) is 31.5 Å². The average Bonchev–Trinajstić information content (AvgIpc) is 2.88. The van der Waals surface area contributed by atoms with Crippen LogP contribution in [0.15, 0.2) is 18.5 Å². The first-order chi connectivity index (χ1) is 10.3. The van der Waals surface area contributed by atoms with E-state index in [1.54, 1.807) is 19.3 Å². The fraction of sp³-hybridized carbons (Fsp3) is 0.533. The van der Waals surface area contributed by atoms with Gasteiger partial charge in [-0.2, -0.15) is 5.10 Å². The Balaban J connectivity index is 2.04. The van der Waals surface area contributed by atoms with Crippen LogP contribution in [-0.2, 0) is 0 Å². The van der Waals surface area contributed by atoms with E-state index in [4.69, 9.17) is 0 Å². The van der Waals surface area contributed by atoms with E-state index in [-0.39, 0.29) is 18.6 Å². The Morgan fingerprint density at radius 2 is 2.18 bits per heavy atom. The average molecular weight is 305 g/mol. The summed E-state index contributed by atoms with van der Waals surface area (Å²) >= 11 is 0. The van der Waals surface area contributed by atoms with Crippen LogP contribution in [0.3, 0.4) is 0 Å². The molecule has 7 nitrogen and oxygen atoms in total. The van der Waals surface area contributed by atoms with Gasteiger partial charge in [0, 0.05) is 18.0 Å².